The van der Waals surface area contributed by atoms with Crippen molar-refractivity contribution in [2.24, 2.45) is 23.2 Å². The lowest BCUT2D eigenvalue weighted by atomic mass is 9.88. The number of amides is 1. The fourth-order valence-electron chi connectivity index (χ4n) is 7.10. The van der Waals surface area contributed by atoms with E-state index in [-0.39, 0.29) is 68.1 Å². The van der Waals surface area contributed by atoms with Gasteiger partial charge in [0.1, 0.15) is 29.1 Å². The second-order valence-corrected chi connectivity index (χ2v) is 19.3. The van der Waals surface area contributed by atoms with E-state index >= 15 is 0 Å². The van der Waals surface area contributed by atoms with Gasteiger partial charge in [-0.1, -0.05) is 83.1 Å². The van der Waals surface area contributed by atoms with Crippen LogP contribution in [0.15, 0.2) is 59.4 Å². The number of allylic oxidation sites excluding steroid dienone is 9. The molecule has 5 atom stereocenters. The van der Waals surface area contributed by atoms with Crippen LogP contribution in [0.5, 0.6) is 0 Å². The number of hydrogen-bond donors (Lipinski definition) is 4. The maximum absolute atomic E-state index is 12.7. The first-order chi connectivity index (χ1) is 34.9. The summed E-state index contributed by atoms with van der Waals surface area (Å²) in [5.74, 6) is -5.42. The van der Waals surface area contributed by atoms with E-state index in [1.54, 1.807) is 62.6 Å². The summed E-state index contributed by atoms with van der Waals surface area (Å²) in [5.41, 5.74) is 0.729. The molecule has 5 unspecified atom stereocenters. The molecule has 1 saturated carbocycles. The number of ether oxygens (including phenoxy) is 6. The molecule has 3 fully saturated rings. The first-order valence-electron chi connectivity index (χ1n) is 26.1. The van der Waals surface area contributed by atoms with E-state index in [1.807, 2.05) is 32.1 Å². The molecule has 0 radical (unpaired) electrons. The van der Waals surface area contributed by atoms with Crippen molar-refractivity contribution in [3.63, 3.8) is 0 Å². The summed E-state index contributed by atoms with van der Waals surface area (Å²) >= 11 is 0. The minimum Gasteiger partial charge on any atom is -0.508 e. The molecule has 2 saturated heterocycles. The number of hydrogen-bond acceptors (Lipinski definition) is 16. The van der Waals surface area contributed by atoms with Gasteiger partial charge in [0.05, 0.1) is 26.4 Å². The SMILES string of the molecule is CC(CO)(CO)C(=O)OC1CCCCC1.CC/C(C)=C/C=C/C=C/C(C)CC(C)C(=O)/C=C(O)/C(C)=C/CC(C)=O.CCCOC(=O)C1CCCCN1C(=O)C(=O)C1(O)OCCCC1C.COC.COC.COC. The van der Waals surface area contributed by atoms with Gasteiger partial charge in [0.2, 0.25) is 5.79 Å². The number of carbonyl (C=O) groups excluding carboxylic acids is 6. The molecular weight excluding hydrogens is 955 g/mol. The Bertz CT molecular complexity index is 1740. The van der Waals surface area contributed by atoms with Gasteiger partial charge in [-0.15, -0.1) is 0 Å². The Morgan fingerprint density at radius 3 is 1.89 bits per heavy atom. The summed E-state index contributed by atoms with van der Waals surface area (Å²) in [6.07, 6.45) is 24.3. The van der Waals surface area contributed by atoms with E-state index < -0.39 is 46.8 Å². The van der Waals surface area contributed by atoms with Gasteiger partial charge in [0, 0.05) is 73.5 Å². The lowest BCUT2D eigenvalue weighted by Crippen LogP contribution is -2.59. The van der Waals surface area contributed by atoms with Crippen molar-refractivity contribution in [2.45, 2.75) is 170 Å². The third kappa shape index (κ3) is 31.5. The maximum Gasteiger partial charge on any atom is 0.328 e. The summed E-state index contributed by atoms with van der Waals surface area (Å²) < 4.78 is 28.4. The van der Waals surface area contributed by atoms with Gasteiger partial charge in [0.15, 0.2) is 5.78 Å². The molecule has 0 spiro atoms. The van der Waals surface area contributed by atoms with Crippen molar-refractivity contribution >= 4 is 35.2 Å². The number of likely N-dealkylation sites (tertiary alicyclic amines) is 1. The summed E-state index contributed by atoms with van der Waals surface area (Å²) in [4.78, 5) is 73.6. The smallest absolute Gasteiger partial charge is 0.328 e. The van der Waals surface area contributed by atoms with Crippen molar-refractivity contribution < 1.29 is 77.6 Å². The van der Waals surface area contributed by atoms with E-state index in [1.165, 1.54) is 36.8 Å². The highest BCUT2D eigenvalue weighted by Gasteiger charge is 2.50. The van der Waals surface area contributed by atoms with E-state index in [4.69, 9.17) is 24.4 Å². The molecule has 0 aromatic carbocycles. The normalized spacial score (nSPS) is 20.2. The molecule has 17 nitrogen and oxygen atoms in total. The highest BCUT2D eigenvalue weighted by Crippen LogP contribution is 2.31. The number of ketones is 3. The van der Waals surface area contributed by atoms with E-state index in [9.17, 15) is 39.0 Å². The zero-order valence-corrected chi connectivity index (χ0v) is 48.0. The van der Waals surface area contributed by atoms with Gasteiger partial charge in [0.25, 0.3) is 11.7 Å². The number of carbonyl (C=O) groups is 6. The zero-order chi connectivity index (χ0) is 57.3. The van der Waals surface area contributed by atoms with Crippen molar-refractivity contribution in [1.29, 1.82) is 0 Å². The number of aliphatic hydroxyl groups is 4. The Labute approximate surface area is 444 Å². The van der Waals surface area contributed by atoms with Crippen LogP contribution in [0.2, 0.25) is 0 Å². The zero-order valence-electron chi connectivity index (χ0n) is 48.0. The largest absolute Gasteiger partial charge is 0.508 e. The molecule has 3 rings (SSSR count). The maximum atomic E-state index is 12.7. The van der Waals surface area contributed by atoms with Gasteiger partial charge >= 0.3 is 11.9 Å². The number of methoxy groups -OCH3 is 3. The Balaban J connectivity index is -0.000000965. The van der Waals surface area contributed by atoms with Crippen molar-refractivity contribution in [3.8, 4) is 0 Å². The average molecular weight is 1050 g/mol. The summed E-state index contributed by atoms with van der Waals surface area (Å²) in [6.45, 7) is 16.5. The van der Waals surface area contributed by atoms with Gasteiger partial charge in [-0.05, 0) is 116 Å². The summed E-state index contributed by atoms with van der Waals surface area (Å²) in [6, 6.07) is -0.760. The molecule has 74 heavy (non-hydrogen) atoms. The number of aliphatic hydroxyl groups excluding tert-OH is 3. The molecule has 428 valence electrons. The molecule has 4 N–H and O–H groups in total. The number of piperidine rings is 1. The monoisotopic (exact) mass is 1050 g/mol. The number of esters is 2. The van der Waals surface area contributed by atoms with Crippen LogP contribution in [-0.4, -0.2) is 154 Å². The Hall–Kier alpha value is -4.36. The molecule has 1 aliphatic carbocycles. The van der Waals surface area contributed by atoms with Crippen LogP contribution in [0, 0.1) is 23.2 Å². The second kappa shape index (κ2) is 43.8. The van der Waals surface area contributed by atoms with Crippen molar-refractivity contribution in [2.75, 3.05) is 75.6 Å². The third-order valence-corrected chi connectivity index (χ3v) is 12.0. The number of rotatable bonds is 20. The predicted octanol–water partition coefficient (Wildman–Crippen LogP) is 8.72. The topological polar surface area (TPSA) is 242 Å². The van der Waals surface area contributed by atoms with E-state index in [0.717, 1.165) is 44.9 Å². The molecule has 0 bridgehead atoms. The van der Waals surface area contributed by atoms with Crippen LogP contribution < -0.4 is 0 Å². The first kappa shape index (κ1) is 73.9. The number of Topliss-reactive ketones (excluding diaryl/α,β-unsaturated/α-hetero) is 2. The molecule has 2 heterocycles. The Morgan fingerprint density at radius 2 is 1.38 bits per heavy atom. The van der Waals surface area contributed by atoms with E-state index in [2.05, 4.69) is 47.1 Å². The predicted molar refractivity (Wildman–Crippen MR) is 289 cm³/mol. The van der Waals surface area contributed by atoms with Gasteiger partial charge < -0.3 is 53.7 Å². The third-order valence-electron chi connectivity index (χ3n) is 12.0. The van der Waals surface area contributed by atoms with Gasteiger partial charge in [-0.2, -0.15) is 0 Å². The van der Waals surface area contributed by atoms with Crippen LogP contribution in [0.25, 0.3) is 0 Å². The van der Waals surface area contributed by atoms with Crippen LogP contribution in [-0.2, 0) is 57.2 Å². The second-order valence-electron chi connectivity index (χ2n) is 19.3. The fourth-order valence-corrected chi connectivity index (χ4v) is 7.10. The Morgan fingerprint density at radius 1 is 0.811 bits per heavy atom. The lowest BCUT2D eigenvalue weighted by Gasteiger charge is -2.39. The van der Waals surface area contributed by atoms with Crippen molar-refractivity contribution in [3.05, 3.63) is 59.4 Å². The molecule has 0 aromatic heterocycles. The van der Waals surface area contributed by atoms with Crippen LogP contribution in [0.3, 0.4) is 0 Å². The number of nitrogens with zero attached hydrogens (tertiary/aromatic N) is 1. The minimum atomic E-state index is -2.09. The van der Waals surface area contributed by atoms with Gasteiger partial charge in [-0.3, -0.25) is 24.0 Å². The summed E-state index contributed by atoms with van der Waals surface area (Å²) in [7, 11) is 9.75. The quantitative estimate of drug-likeness (QED) is 0.0293. The molecule has 1 amide bonds. The standard InChI is InChI=1S/C23H34O3.C17H27NO6.C11H20O4.3C2H6O/c1-7-17(2)11-9-8-10-12-18(3)15-20(5)23(26)16-22(25)19(4)13-14-21(6)24;1-3-10-23-16(21)13-8-4-5-9-18(13)15(20)14(19)17(22)12(2)7-6-11-24-17;1-11(7-12,8-13)10(14)15-9-5-3-2-4-6-9;3*1-3-2/h8-13,16,18,20,25H,7,14-15H2,1-6H3;12-13,22H,3-11H2,1-2H3;9,12-13H,2-8H2,1H3;3*1-2H3/b9-8+,12-10+,17-11+,19-13+,22-16-;;;;;. The first-order valence-corrected chi connectivity index (χ1v) is 26.1. The van der Waals surface area contributed by atoms with Gasteiger partial charge in [-0.25, -0.2) is 4.79 Å². The molecule has 2 aliphatic heterocycles. The average Bonchev–Trinajstić information content (AvgIpc) is 3.38. The highest BCUT2D eigenvalue weighted by atomic mass is 16.6. The molecule has 3 aliphatic rings. The molecular formula is C57H99NO16. The fraction of sp³-hybridized carbons (Fsp3) is 0.719. The molecule has 0 aromatic rings. The lowest BCUT2D eigenvalue weighted by molar-refractivity contribution is -0.240. The van der Waals surface area contributed by atoms with E-state index in [0.29, 0.717) is 44.2 Å². The minimum absolute atomic E-state index is 0.0202. The van der Waals surface area contributed by atoms with Crippen LogP contribution in [0.4, 0.5) is 0 Å². The molecule has 17 heteroatoms. The van der Waals surface area contributed by atoms with Crippen molar-refractivity contribution in [1.82, 2.24) is 4.90 Å². The Kier molecular flexibility index (Phi) is 43.8. The highest BCUT2D eigenvalue weighted by molar-refractivity contribution is 6.39. The van der Waals surface area contributed by atoms with Crippen LogP contribution in [0.1, 0.15) is 152 Å². The van der Waals surface area contributed by atoms with Crippen LogP contribution >= 0.6 is 0 Å². The summed E-state index contributed by atoms with van der Waals surface area (Å²) in [5, 5.41) is 38.6.